The highest BCUT2D eigenvalue weighted by Crippen LogP contribution is 2.37. The first-order valence-electron chi connectivity index (χ1n) is 8.76. The van der Waals surface area contributed by atoms with Gasteiger partial charge in [0.25, 0.3) is 0 Å². The van der Waals surface area contributed by atoms with Crippen molar-refractivity contribution < 1.29 is 19.0 Å². The fourth-order valence-electron chi connectivity index (χ4n) is 3.36. The van der Waals surface area contributed by atoms with Crippen LogP contribution < -0.4 is 14.8 Å². The molecule has 1 aromatic carbocycles. The van der Waals surface area contributed by atoms with Crippen LogP contribution >= 0.6 is 11.3 Å². The second-order valence-electron chi connectivity index (χ2n) is 6.51. The van der Waals surface area contributed by atoms with Crippen molar-refractivity contribution in [3.8, 4) is 11.5 Å². The van der Waals surface area contributed by atoms with Gasteiger partial charge in [-0.3, -0.25) is 4.79 Å². The molecule has 1 N–H and O–H groups in total. The Morgan fingerprint density at radius 2 is 1.96 bits per heavy atom. The highest BCUT2D eigenvalue weighted by molar-refractivity contribution is 7.10. The first-order chi connectivity index (χ1) is 12.7. The second-order valence-corrected chi connectivity index (χ2v) is 7.46. The Morgan fingerprint density at radius 3 is 2.62 bits per heavy atom. The average molecular weight is 375 g/mol. The highest BCUT2D eigenvalue weighted by Gasteiger charge is 2.35. The highest BCUT2D eigenvalue weighted by atomic mass is 32.1. The zero-order valence-corrected chi connectivity index (χ0v) is 16.1. The average Bonchev–Trinajstić information content (AvgIpc) is 3.22. The Kier molecular flexibility index (Phi) is 6.16. The number of thiophene rings is 1. The fraction of sp³-hybridized carbons (Fsp3) is 0.450. The zero-order chi connectivity index (χ0) is 18.4. The van der Waals surface area contributed by atoms with E-state index in [1.54, 1.807) is 25.6 Å². The molecule has 6 heteroatoms. The Balaban J connectivity index is 1.64. The van der Waals surface area contributed by atoms with Crippen LogP contribution in [0.5, 0.6) is 11.5 Å². The number of carbonyl (C=O) groups excluding carboxylic acids is 1. The van der Waals surface area contributed by atoms with Crippen LogP contribution in [0.4, 0.5) is 0 Å². The number of carbonyl (C=O) groups is 1. The van der Waals surface area contributed by atoms with Crippen molar-refractivity contribution in [1.29, 1.82) is 0 Å². The number of methoxy groups -OCH3 is 2. The summed E-state index contributed by atoms with van der Waals surface area (Å²) in [6, 6.07) is 9.80. The SMILES string of the molecule is COc1ccc(CC(=O)NCC2(c3cccs3)CCOCC2)cc1OC. The van der Waals surface area contributed by atoms with Gasteiger partial charge in [0.05, 0.1) is 20.6 Å². The molecule has 0 aliphatic carbocycles. The van der Waals surface area contributed by atoms with E-state index in [0.29, 0.717) is 24.5 Å². The quantitative estimate of drug-likeness (QED) is 0.808. The van der Waals surface area contributed by atoms with Crippen LogP contribution in [0.3, 0.4) is 0 Å². The monoisotopic (exact) mass is 375 g/mol. The Morgan fingerprint density at radius 1 is 1.19 bits per heavy atom. The summed E-state index contributed by atoms with van der Waals surface area (Å²) in [6.07, 6.45) is 2.19. The van der Waals surface area contributed by atoms with Crippen LogP contribution in [0.25, 0.3) is 0 Å². The van der Waals surface area contributed by atoms with E-state index in [0.717, 1.165) is 31.6 Å². The summed E-state index contributed by atoms with van der Waals surface area (Å²) in [7, 11) is 3.19. The fourth-order valence-corrected chi connectivity index (χ4v) is 4.35. The van der Waals surface area contributed by atoms with E-state index in [-0.39, 0.29) is 11.3 Å². The summed E-state index contributed by atoms with van der Waals surface area (Å²) in [6.45, 7) is 2.12. The Hall–Kier alpha value is -2.05. The van der Waals surface area contributed by atoms with Crippen LogP contribution in [0.2, 0.25) is 0 Å². The molecule has 1 aromatic heterocycles. The molecule has 0 saturated carbocycles. The van der Waals surface area contributed by atoms with Gasteiger partial charge in [-0.2, -0.15) is 0 Å². The third-order valence-corrected chi connectivity index (χ3v) is 6.05. The van der Waals surface area contributed by atoms with Gasteiger partial charge in [-0.15, -0.1) is 11.3 Å². The lowest BCUT2D eigenvalue weighted by Crippen LogP contribution is -2.44. The van der Waals surface area contributed by atoms with E-state index < -0.39 is 0 Å². The van der Waals surface area contributed by atoms with E-state index in [9.17, 15) is 4.79 Å². The van der Waals surface area contributed by atoms with Crippen LogP contribution in [0.1, 0.15) is 23.3 Å². The standard InChI is InChI=1S/C20H25NO4S/c1-23-16-6-5-15(12-17(16)24-2)13-19(22)21-14-20(7-9-25-10-8-20)18-4-3-11-26-18/h3-6,11-12H,7-10,13-14H2,1-2H3,(H,21,22). The number of hydrogen-bond donors (Lipinski definition) is 1. The molecule has 3 rings (SSSR count). The minimum Gasteiger partial charge on any atom is -0.493 e. The van der Waals surface area contributed by atoms with E-state index in [1.807, 2.05) is 18.2 Å². The van der Waals surface area contributed by atoms with Crippen LogP contribution in [-0.2, 0) is 21.4 Å². The minimum atomic E-state index is -0.0142. The molecule has 1 amide bonds. The molecule has 2 heterocycles. The maximum absolute atomic E-state index is 12.5. The lowest BCUT2D eigenvalue weighted by Gasteiger charge is -2.36. The third-order valence-electron chi connectivity index (χ3n) is 4.93. The summed E-state index contributed by atoms with van der Waals surface area (Å²) in [5.41, 5.74) is 0.886. The van der Waals surface area contributed by atoms with Crippen LogP contribution in [0.15, 0.2) is 35.7 Å². The summed E-state index contributed by atoms with van der Waals surface area (Å²) in [5.74, 6) is 1.31. The van der Waals surface area contributed by atoms with Gasteiger partial charge in [-0.05, 0) is 42.0 Å². The van der Waals surface area contributed by atoms with Crippen molar-refractivity contribution in [1.82, 2.24) is 5.32 Å². The van der Waals surface area contributed by atoms with Crippen LogP contribution in [-0.4, -0.2) is 39.9 Å². The van der Waals surface area contributed by atoms with Crippen molar-refractivity contribution in [2.45, 2.75) is 24.7 Å². The van der Waals surface area contributed by atoms with Crippen molar-refractivity contribution in [3.05, 3.63) is 46.2 Å². The van der Waals surface area contributed by atoms with Gasteiger partial charge in [0.1, 0.15) is 0 Å². The van der Waals surface area contributed by atoms with Gasteiger partial charge in [-0.25, -0.2) is 0 Å². The third kappa shape index (κ3) is 4.19. The normalized spacial score (nSPS) is 16.1. The van der Waals surface area contributed by atoms with Crippen molar-refractivity contribution in [2.75, 3.05) is 34.0 Å². The van der Waals surface area contributed by atoms with Crippen molar-refractivity contribution in [3.63, 3.8) is 0 Å². The second kappa shape index (κ2) is 8.56. The molecule has 5 nitrogen and oxygen atoms in total. The molecule has 1 aliphatic rings. The molecular weight excluding hydrogens is 350 g/mol. The molecule has 0 unspecified atom stereocenters. The minimum absolute atomic E-state index is 0.0136. The summed E-state index contributed by atoms with van der Waals surface area (Å²) in [5, 5.41) is 5.23. The number of rotatable bonds is 7. The molecule has 1 fully saturated rings. The first-order valence-corrected chi connectivity index (χ1v) is 9.64. The molecule has 140 valence electrons. The topological polar surface area (TPSA) is 56.8 Å². The number of benzene rings is 1. The maximum Gasteiger partial charge on any atom is 0.224 e. The smallest absolute Gasteiger partial charge is 0.224 e. The molecule has 0 atom stereocenters. The van der Waals surface area contributed by atoms with E-state index >= 15 is 0 Å². The lowest BCUT2D eigenvalue weighted by atomic mass is 9.78. The van der Waals surface area contributed by atoms with E-state index in [2.05, 4.69) is 22.8 Å². The van der Waals surface area contributed by atoms with Gasteiger partial charge >= 0.3 is 0 Å². The summed E-state index contributed by atoms with van der Waals surface area (Å²) < 4.78 is 16.1. The van der Waals surface area contributed by atoms with E-state index in [1.165, 1.54) is 4.88 Å². The molecule has 0 radical (unpaired) electrons. The Bertz CT molecular complexity index is 723. The molecule has 1 saturated heterocycles. The van der Waals surface area contributed by atoms with Gasteiger partial charge in [-0.1, -0.05) is 12.1 Å². The molecule has 0 bridgehead atoms. The predicted octanol–water partition coefficient (Wildman–Crippen LogP) is 3.17. The molecule has 26 heavy (non-hydrogen) atoms. The molecule has 1 aliphatic heterocycles. The summed E-state index contributed by atoms with van der Waals surface area (Å²) >= 11 is 1.76. The number of hydrogen-bond acceptors (Lipinski definition) is 5. The molecule has 0 spiro atoms. The predicted molar refractivity (Wildman–Crippen MR) is 102 cm³/mol. The molecule has 2 aromatic rings. The maximum atomic E-state index is 12.5. The van der Waals surface area contributed by atoms with E-state index in [4.69, 9.17) is 14.2 Å². The molecular formula is C20H25NO4S. The first kappa shape index (κ1) is 18.7. The van der Waals surface area contributed by atoms with Gasteiger partial charge in [0.2, 0.25) is 5.91 Å². The van der Waals surface area contributed by atoms with Gasteiger partial charge in [0, 0.05) is 30.1 Å². The number of ether oxygens (including phenoxy) is 3. The van der Waals surface area contributed by atoms with Gasteiger partial charge < -0.3 is 19.5 Å². The van der Waals surface area contributed by atoms with Gasteiger partial charge in [0.15, 0.2) is 11.5 Å². The van der Waals surface area contributed by atoms with Crippen LogP contribution in [0, 0.1) is 0 Å². The largest absolute Gasteiger partial charge is 0.493 e. The Labute approximate surface area is 158 Å². The van der Waals surface area contributed by atoms with Crippen molar-refractivity contribution >= 4 is 17.2 Å². The summed E-state index contributed by atoms with van der Waals surface area (Å²) in [4.78, 5) is 13.8. The number of amides is 1. The van der Waals surface area contributed by atoms with Crippen molar-refractivity contribution in [2.24, 2.45) is 0 Å². The zero-order valence-electron chi connectivity index (χ0n) is 15.2. The lowest BCUT2D eigenvalue weighted by molar-refractivity contribution is -0.120. The number of nitrogens with one attached hydrogen (secondary N) is 1.